The number of anilines is 1. The number of nitrogens with zero attached hydrogens (tertiary/aromatic N) is 4. The van der Waals surface area contributed by atoms with Crippen molar-refractivity contribution in [3.63, 3.8) is 0 Å². The van der Waals surface area contributed by atoms with Gasteiger partial charge in [0.05, 0.1) is 11.7 Å². The second kappa shape index (κ2) is 5.36. The van der Waals surface area contributed by atoms with Crippen molar-refractivity contribution in [1.82, 2.24) is 20.2 Å². The molecular weight excluding hydrogens is 242 g/mol. The topological polar surface area (TPSA) is 77.9 Å². The van der Waals surface area contributed by atoms with E-state index in [0.717, 1.165) is 36.7 Å². The summed E-state index contributed by atoms with van der Waals surface area (Å²) in [7, 11) is 0. The number of rotatable bonds is 4. The van der Waals surface area contributed by atoms with Gasteiger partial charge in [-0.2, -0.15) is 5.10 Å². The summed E-state index contributed by atoms with van der Waals surface area (Å²) < 4.78 is 0. The number of aliphatic hydroxyl groups is 1. The fourth-order valence-corrected chi connectivity index (χ4v) is 2.55. The van der Waals surface area contributed by atoms with Crippen LogP contribution in [-0.4, -0.2) is 38.4 Å². The maximum absolute atomic E-state index is 8.95. The first-order chi connectivity index (χ1) is 9.38. The summed E-state index contributed by atoms with van der Waals surface area (Å²) in [6.45, 7) is 1.09. The van der Waals surface area contributed by atoms with Crippen LogP contribution in [0.5, 0.6) is 0 Å². The zero-order valence-electron chi connectivity index (χ0n) is 10.7. The van der Waals surface area contributed by atoms with Crippen LogP contribution in [0.15, 0.2) is 24.5 Å². The highest BCUT2D eigenvalue weighted by molar-refractivity contribution is 5.36. The van der Waals surface area contributed by atoms with E-state index in [0.29, 0.717) is 6.42 Å². The van der Waals surface area contributed by atoms with Gasteiger partial charge < -0.3 is 10.0 Å². The molecule has 3 rings (SSSR count). The number of aromatic nitrogens is 4. The van der Waals surface area contributed by atoms with Crippen LogP contribution in [0.3, 0.4) is 0 Å². The van der Waals surface area contributed by atoms with Gasteiger partial charge in [0.2, 0.25) is 5.95 Å². The van der Waals surface area contributed by atoms with Crippen molar-refractivity contribution < 1.29 is 5.11 Å². The lowest BCUT2D eigenvalue weighted by molar-refractivity contribution is 0.298. The maximum atomic E-state index is 8.95. The third-order valence-electron chi connectivity index (χ3n) is 3.44. The monoisotopic (exact) mass is 259 g/mol. The molecule has 6 nitrogen and oxygen atoms in total. The molecule has 6 heteroatoms. The highest BCUT2D eigenvalue weighted by Gasteiger charge is 2.29. The molecule has 2 aromatic heterocycles. The Labute approximate surface area is 111 Å². The smallest absolute Gasteiger partial charge is 0.225 e. The average molecular weight is 259 g/mol. The first kappa shape index (κ1) is 12.1. The predicted octanol–water partition coefficient (Wildman–Crippen LogP) is 1.08. The minimum absolute atomic E-state index is 0.137. The van der Waals surface area contributed by atoms with Crippen molar-refractivity contribution in [2.24, 2.45) is 0 Å². The molecule has 0 amide bonds. The summed E-state index contributed by atoms with van der Waals surface area (Å²) in [5, 5.41) is 16.3. The molecule has 1 aliphatic heterocycles. The molecule has 0 spiro atoms. The second-order valence-electron chi connectivity index (χ2n) is 4.69. The lowest BCUT2D eigenvalue weighted by atomic mass is 10.1. The van der Waals surface area contributed by atoms with Crippen molar-refractivity contribution in [3.8, 4) is 0 Å². The molecular formula is C13H17N5O. The van der Waals surface area contributed by atoms with Crippen LogP contribution in [0.25, 0.3) is 0 Å². The molecule has 1 atom stereocenters. The summed E-state index contributed by atoms with van der Waals surface area (Å²) in [6, 6.07) is 4.08. The van der Waals surface area contributed by atoms with Gasteiger partial charge >= 0.3 is 0 Å². The molecule has 1 saturated heterocycles. The fraction of sp³-hybridized carbons (Fsp3) is 0.462. The molecule has 0 aliphatic carbocycles. The molecule has 100 valence electrons. The normalized spacial score (nSPS) is 19.0. The highest BCUT2D eigenvalue weighted by Crippen LogP contribution is 2.33. The summed E-state index contributed by atoms with van der Waals surface area (Å²) in [5.74, 6) is 0.761. The first-order valence-electron chi connectivity index (χ1n) is 6.57. The largest absolute Gasteiger partial charge is 0.396 e. The third kappa shape index (κ3) is 2.44. The summed E-state index contributed by atoms with van der Waals surface area (Å²) >= 11 is 0. The molecule has 19 heavy (non-hydrogen) atoms. The Balaban J connectivity index is 1.82. The van der Waals surface area contributed by atoms with E-state index >= 15 is 0 Å². The van der Waals surface area contributed by atoms with Gasteiger partial charge in [-0.05, 0) is 25.0 Å². The molecule has 0 saturated carbocycles. The Bertz CT molecular complexity index is 527. The summed E-state index contributed by atoms with van der Waals surface area (Å²) in [4.78, 5) is 10.8. The van der Waals surface area contributed by atoms with Crippen LogP contribution in [-0.2, 0) is 6.42 Å². The lowest BCUT2D eigenvalue weighted by Crippen LogP contribution is -2.24. The van der Waals surface area contributed by atoms with Crippen molar-refractivity contribution in [3.05, 3.63) is 35.9 Å². The van der Waals surface area contributed by atoms with Crippen molar-refractivity contribution >= 4 is 5.95 Å². The fourth-order valence-electron chi connectivity index (χ4n) is 2.55. The van der Waals surface area contributed by atoms with E-state index in [4.69, 9.17) is 5.11 Å². The Morgan fingerprint density at radius 1 is 1.37 bits per heavy atom. The first-order valence-corrected chi connectivity index (χ1v) is 6.57. The maximum Gasteiger partial charge on any atom is 0.225 e. The molecule has 2 aromatic rings. The van der Waals surface area contributed by atoms with E-state index < -0.39 is 0 Å². The minimum atomic E-state index is 0.137. The zero-order chi connectivity index (χ0) is 13.1. The summed E-state index contributed by atoms with van der Waals surface area (Å²) in [6.07, 6.45) is 6.31. The van der Waals surface area contributed by atoms with Crippen molar-refractivity contribution in [1.29, 1.82) is 0 Å². The minimum Gasteiger partial charge on any atom is -0.396 e. The van der Waals surface area contributed by atoms with Crippen LogP contribution in [0.4, 0.5) is 5.95 Å². The third-order valence-corrected chi connectivity index (χ3v) is 3.44. The molecule has 1 aliphatic rings. The molecule has 1 fully saturated rings. The molecule has 1 unspecified atom stereocenters. The zero-order valence-corrected chi connectivity index (χ0v) is 10.7. The second-order valence-corrected chi connectivity index (χ2v) is 4.69. The Morgan fingerprint density at radius 2 is 2.21 bits per heavy atom. The van der Waals surface area contributed by atoms with Gasteiger partial charge in [0.15, 0.2) is 0 Å². The number of H-pyrrole nitrogens is 1. The average Bonchev–Trinajstić information content (AvgIpc) is 3.08. The van der Waals surface area contributed by atoms with Gasteiger partial charge in [-0.3, -0.25) is 5.10 Å². The van der Waals surface area contributed by atoms with Gasteiger partial charge in [0, 0.05) is 37.7 Å². The highest BCUT2D eigenvalue weighted by atomic mass is 16.3. The number of hydrogen-bond acceptors (Lipinski definition) is 5. The Morgan fingerprint density at radius 3 is 3.00 bits per heavy atom. The SMILES string of the molecule is OCCc1cc(C2CCCN2c2ncccn2)n[nH]1. The van der Waals surface area contributed by atoms with Crippen LogP contribution in [0.2, 0.25) is 0 Å². The van der Waals surface area contributed by atoms with E-state index in [9.17, 15) is 0 Å². The van der Waals surface area contributed by atoms with Gasteiger partial charge in [-0.1, -0.05) is 0 Å². The Kier molecular flexibility index (Phi) is 3.41. The van der Waals surface area contributed by atoms with Gasteiger partial charge in [-0.15, -0.1) is 0 Å². The van der Waals surface area contributed by atoms with Gasteiger partial charge in [0.1, 0.15) is 0 Å². The van der Waals surface area contributed by atoms with Crippen molar-refractivity contribution in [2.75, 3.05) is 18.1 Å². The van der Waals surface area contributed by atoms with Crippen LogP contribution in [0, 0.1) is 0 Å². The van der Waals surface area contributed by atoms with Crippen LogP contribution >= 0.6 is 0 Å². The lowest BCUT2D eigenvalue weighted by Gasteiger charge is -2.22. The van der Waals surface area contributed by atoms with E-state index in [-0.39, 0.29) is 12.6 Å². The molecule has 3 heterocycles. The number of hydrogen-bond donors (Lipinski definition) is 2. The number of aliphatic hydroxyl groups excluding tert-OH is 1. The van der Waals surface area contributed by atoms with E-state index in [2.05, 4.69) is 25.1 Å². The van der Waals surface area contributed by atoms with Crippen LogP contribution < -0.4 is 4.90 Å². The molecule has 0 aromatic carbocycles. The predicted molar refractivity (Wildman–Crippen MR) is 70.7 cm³/mol. The quantitative estimate of drug-likeness (QED) is 0.859. The molecule has 2 N–H and O–H groups in total. The van der Waals surface area contributed by atoms with E-state index in [1.165, 1.54) is 0 Å². The van der Waals surface area contributed by atoms with Gasteiger partial charge in [-0.25, -0.2) is 9.97 Å². The summed E-state index contributed by atoms with van der Waals surface area (Å²) in [5.41, 5.74) is 1.98. The van der Waals surface area contributed by atoms with Crippen LogP contribution in [0.1, 0.15) is 30.3 Å². The standard InChI is InChI=1S/C13H17N5O/c19-8-4-10-9-11(17-16-10)12-3-1-7-18(12)13-14-5-2-6-15-13/h2,5-6,9,12,19H,1,3-4,7-8H2,(H,16,17). The Hall–Kier alpha value is -1.95. The number of aromatic amines is 1. The van der Waals surface area contributed by atoms with Crippen molar-refractivity contribution in [2.45, 2.75) is 25.3 Å². The molecule has 0 bridgehead atoms. The number of nitrogens with one attached hydrogen (secondary N) is 1. The van der Waals surface area contributed by atoms with Gasteiger partial charge in [0.25, 0.3) is 0 Å². The van der Waals surface area contributed by atoms with E-state index in [1.807, 2.05) is 12.1 Å². The van der Waals surface area contributed by atoms with E-state index in [1.54, 1.807) is 12.4 Å². The molecule has 0 radical (unpaired) electrons.